The molecule has 0 saturated carbocycles. The second-order valence-corrected chi connectivity index (χ2v) is 5.88. The normalized spacial score (nSPS) is 12.2. The van der Waals surface area contributed by atoms with Crippen molar-refractivity contribution in [3.05, 3.63) is 59.7 Å². The summed E-state index contributed by atoms with van der Waals surface area (Å²) in [6.07, 6.45) is -4.77. The van der Waals surface area contributed by atoms with Gasteiger partial charge in [-0.1, -0.05) is 12.1 Å². The maximum atomic E-state index is 13.5. The molecule has 3 nitrogen and oxygen atoms in total. The van der Waals surface area contributed by atoms with E-state index in [1.54, 1.807) is 4.72 Å². The summed E-state index contributed by atoms with van der Waals surface area (Å²) >= 11 is 0. The van der Waals surface area contributed by atoms with E-state index in [0.29, 0.717) is 18.2 Å². The Hall–Kier alpha value is -2.16. The highest BCUT2D eigenvalue weighted by molar-refractivity contribution is 7.92. The minimum absolute atomic E-state index is 0.299. The zero-order valence-corrected chi connectivity index (χ0v) is 11.5. The highest BCUT2D eigenvalue weighted by Gasteiger charge is 2.32. The molecule has 0 spiro atoms. The molecule has 0 atom stereocenters. The molecule has 1 N–H and O–H groups in total. The summed E-state index contributed by atoms with van der Waals surface area (Å²) in [4.78, 5) is -0.799. The number of halogens is 5. The fourth-order valence-electron chi connectivity index (χ4n) is 1.64. The number of alkyl halides is 3. The molecule has 0 radical (unpaired) electrons. The van der Waals surface area contributed by atoms with Crippen LogP contribution in [0, 0.1) is 11.6 Å². The quantitative estimate of drug-likeness (QED) is 0.867. The van der Waals surface area contributed by atoms with Crippen molar-refractivity contribution < 1.29 is 30.4 Å². The highest BCUT2D eigenvalue weighted by Crippen LogP contribution is 2.32. The molecular formula is C13H8F5NO2S. The highest BCUT2D eigenvalue weighted by atomic mass is 32.2. The fraction of sp³-hybridized carbons (Fsp3) is 0.0769. The lowest BCUT2D eigenvalue weighted by Gasteiger charge is -2.12. The SMILES string of the molecule is O=S(=O)(Nc1cc(C(F)(F)F)ccc1F)c1ccccc1F. The first kappa shape index (κ1) is 16.2. The molecule has 0 aromatic heterocycles. The Bertz CT molecular complexity index is 802. The van der Waals surface area contributed by atoms with Gasteiger partial charge < -0.3 is 0 Å². The van der Waals surface area contributed by atoms with Crippen molar-refractivity contribution in [1.82, 2.24) is 0 Å². The van der Waals surface area contributed by atoms with Gasteiger partial charge in [0.2, 0.25) is 0 Å². The zero-order valence-electron chi connectivity index (χ0n) is 10.7. The van der Waals surface area contributed by atoms with Crippen molar-refractivity contribution in [2.24, 2.45) is 0 Å². The number of sulfonamides is 1. The Morgan fingerprint density at radius 2 is 1.55 bits per heavy atom. The monoisotopic (exact) mass is 337 g/mol. The van der Waals surface area contributed by atoms with Crippen LogP contribution >= 0.6 is 0 Å². The second-order valence-electron chi connectivity index (χ2n) is 4.23. The van der Waals surface area contributed by atoms with Gasteiger partial charge in [0.25, 0.3) is 10.0 Å². The van der Waals surface area contributed by atoms with Gasteiger partial charge in [-0.2, -0.15) is 13.2 Å². The van der Waals surface area contributed by atoms with Crippen molar-refractivity contribution >= 4 is 15.7 Å². The summed E-state index contributed by atoms with van der Waals surface area (Å²) in [6, 6.07) is 5.46. The lowest BCUT2D eigenvalue weighted by atomic mass is 10.2. The van der Waals surface area contributed by atoms with Gasteiger partial charge in [0, 0.05) is 0 Å². The van der Waals surface area contributed by atoms with Gasteiger partial charge in [-0.3, -0.25) is 4.72 Å². The van der Waals surface area contributed by atoms with E-state index >= 15 is 0 Å². The largest absolute Gasteiger partial charge is 0.416 e. The van der Waals surface area contributed by atoms with Crippen LogP contribution in [0.2, 0.25) is 0 Å². The Morgan fingerprint density at radius 3 is 2.14 bits per heavy atom. The number of nitrogens with one attached hydrogen (secondary N) is 1. The lowest BCUT2D eigenvalue weighted by molar-refractivity contribution is -0.137. The van der Waals surface area contributed by atoms with Crippen LogP contribution in [0.1, 0.15) is 5.56 Å². The van der Waals surface area contributed by atoms with E-state index in [9.17, 15) is 30.4 Å². The van der Waals surface area contributed by atoms with Crippen LogP contribution in [0.25, 0.3) is 0 Å². The topological polar surface area (TPSA) is 46.2 Å². The molecule has 0 heterocycles. The second kappa shape index (κ2) is 5.56. The average molecular weight is 337 g/mol. The van der Waals surface area contributed by atoms with E-state index in [4.69, 9.17) is 0 Å². The maximum absolute atomic E-state index is 13.5. The molecular weight excluding hydrogens is 329 g/mol. The van der Waals surface area contributed by atoms with Crippen LogP contribution in [0.3, 0.4) is 0 Å². The summed E-state index contributed by atoms with van der Waals surface area (Å²) in [7, 11) is -4.56. The molecule has 0 unspecified atom stereocenters. The first-order valence-corrected chi connectivity index (χ1v) is 7.24. The predicted octanol–water partition coefficient (Wildman–Crippen LogP) is 3.78. The Balaban J connectivity index is 2.44. The molecule has 0 aliphatic heterocycles. The van der Waals surface area contributed by atoms with E-state index < -0.39 is 44.0 Å². The Labute approximate surface area is 122 Å². The molecule has 0 saturated heterocycles. The van der Waals surface area contributed by atoms with Crippen LogP contribution in [0.5, 0.6) is 0 Å². The van der Waals surface area contributed by atoms with E-state index in [0.717, 1.165) is 12.1 Å². The van der Waals surface area contributed by atoms with Gasteiger partial charge >= 0.3 is 6.18 Å². The molecule has 2 rings (SSSR count). The number of rotatable bonds is 3. The van der Waals surface area contributed by atoms with Gasteiger partial charge in [-0.05, 0) is 30.3 Å². The summed E-state index contributed by atoms with van der Waals surface area (Å²) in [6.45, 7) is 0. The maximum Gasteiger partial charge on any atom is 0.416 e. The van der Waals surface area contributed by atoms with Crippen molar-refractivity contribution in [2.45, 2.75) is 11.1 Å². The first-order valence-electron chi connectivity index (χ1n) is 5.75. The molecule has 2 aromatic carbocycles. The summed E-state index contributed by atoms with van der Waals surface area (Å²) in [5, 5.41) is 0. The van der Waals surface area contributed by atoms with Gasteiger partial charge in [0.05, 0.1) is 11.3 Å². The van der Waals surface area contributed by atoms with Crippen molar-refractivity contribution in [1.29, 1.82) is 0 Å². The first-order chi connectivity index (χ1) is 10.1. The molecule has 0 amide bonds. The van der Waals surface area contributed by atoms with Crippen LogP contribution < -0.4 is 4.72 Å². The Morgan fingerprint density at radius 1 is 0.909 bits per heavy atom. The van der Waals surface area contributed by atoms with E-state index in [1.165, 1.54) is 12.1 Å². The predicted molar refractivity (Wildman–Crippen MR) is 68.6 cm³/mol. The summed E-state index contributed by atoms with van der Waals surface area (Å²) < 4.78 is 90.1. The minimum Gasteiger partial charge on any atom is -0.277 e. The Kier molecular flexibility index (Phi) is 4.10. The third kappa shape index (κ3) is 3.35. The number of anilines is 1. The van der Waals surface area contributed by atoms with Crippen molar-refractivity contribution in [3.8, 4) is 0 Å². The van der Waals surface area contributed by atoms with Crippen molar-refractivity contribution in [2.75, 3.05) is 4.72 Å². The minimum atomic E-state index is -4.77. The molecule has 0 aliphatic carbocycles. The number of hydrogen-bond donors (Lipinski definition) is 1. The summed E-state index contributed by atoms with van der Waals surface area (Å²) in [5.41, 5.74) is -2.15. The van der Waals surface area contributed by atoms with Crippen LogP contribution in [0.15, 0.2) is 47.4 Å². The van der Waals surface area contributed by atoms with E-state index in [1.807, 2.05) is 0 Å². The van der Waals surface area contributed by atoms with Crippen LogP contribution in [-0.2, 0) is 16.2 Å². The van der Waals surface area contributed by atoms with Crippen molar-refractivity contribution in [3.63, 3.8) is 0 Å². The zero-order chi connectivity index (χ0) is 16.5. The third-order valence-electron chi connectivity index (χ3n) is 2.66. The van der Waals surface area contributed by atoms with E-state index in [2.05, 4.69) is 0 Å². The smallest absolute Gasteiger partial charge is 0.277 e. The van der Waals surface area contributed by atoms with Gasteiger partial charge in [0.15, 0.2) is 0 Å². The molecule has 0 fully saturated rings. The summed E-state index contributed by atoms with van der Waals surface area (Å²) in [5.74, 6) is -2.32. The number of hydrogen-bond acceptors (Lipinski definition) is 2. The molecule has 2 aromatic rings. The third-order valence-corrected chi connectivity index (χ3v) is 4.06. The molecule has 118 valence electrons. The van der Waals surface area contributed by atoms with Gasteiger partial charge in [-0.25, -0.2) is 17.2 Å². The fourth-order valence-corrected chi connectivity index (χ4v) is 2.78. The molecule has 0 aliphatic rings. The molecule has 9 heteroatoms. The standard InChI is InChI=1S/C13H8F5NO2S/c14-9-6-5-8(13(16,17)18)7-11(9)19-22(20,21)12-4-2-1-3-10(12)15/h1-7,19H. The van der Waals surface area contributed by atoms with Gasteiger partial charge in [-0.15, -0.1) is 0 Å². The molecule has 0 bridgehead atoms. The lowest BCUT2D eigenvalue weighted by Crippen LogP contribution is -2.16. The molecule has 22 heavy (non-hydrogen) atoms. The number of benzene rings is 2. The average Bonchev–Trinajstić information content (AvgIpc) is 2.40. The van der Waals surface area contributed by atoms with Gasteiger partial charge in [0.1, 0.15) is 16.5 Å². The van der Waals surface area contributed by atoms with Crippen LogP contribution in [-0.4, -0.2) is 8.42 Å². The van der Waals surface area contributed by atoms with E-state index in [-0.39, 0.29) is 0 Å². The van der Waals surface area contributed by atoms with Crippen LogP contribution in [0.4, 0.5) is 27.6 Å².